The first-order valence-electron chi connectivity index (χ1n) is 4.46. The van der Waals surface area contributed by atoms with Gasteiger partial charge in [-0.3, -0.25) is 10.1 Å². The lowest BCUT2D eigenvalue weighted by molar-refractivity contribution is -0.385. The first-order chi connectivity index (χ1) is 7.99. The van der Waals surface area contributed by atoms with Crippen LogP contribution >= 0.6 is 0 Å². The summed E-state index contributed by atoms with van der Waals surface area (Å²) in [4.78, 5) is 9.97. The molecule has 6 heteroatoms. The van der Waals surface area contributed by atoms with Crippen molar-refractivity contribution in [1.82, 2.24) is 0 Å². The molecule has 0 atom stereocenters. The quantitative estimate of drug-likeness (QED) is 0.444. The zero-order valence-electron chi connectivity index (χ0n) is 8.77. The lowest BCUT2D eigenvalue weighted by Gasteiger charge is -2.01. The van der Waals surface area contributed by atoms with E-state index in [4.69, 9.17) is 10.5 Å². The summed E-state index contributed by atoms with van der Waals surface area (Å²) in [6.45, 7) is 1.51. The fraction of sp³-hybridized carbons (Fsp3) is 0.0909. The summed E-state index contributed by atoms with van der Waals surface area (Å²) < 4.78 is 13.5. The van der Waals surface area contributed by atoms with E-state index in [0.29, 0.717) is 5.56 Å². The summed E-state index contributed by atoms with van der Waals surface area (Å²) in [5, 5.41) is 27.8. The van der Waals surface area contributed by atoms with Crippen LogP contribution in [-0.2, 0) is 0 Å². The predicted molar refractivity (Wildman–Crippen MR) is 57.0 cm³/mol. The highest BCUT2D eigenvalue weighted by Crippen LogP contribution is 2.25. The van der Waals surface area contributed by atoms with Gasteiger partial charge in [-0.25, -0.2) is 4.39 Å². The molecule has 0 radical (unpaired) electrons. The number of nitro groups is 1. The molecule has 0 amide bonds. The fourth-order valence-corrected chi connectivity index (χ4v) is 1.26. The van der Waals surface area contributed by atoms with E-state index in [0.717, 1.165) is 12.1 Å². The summed E-state index contributed by atoms with van der Waals surface area (Å²) >= 11 is 0. The van der Waals surface area contributed by atoms with Gasteiger partial charge in [-0.1, -0.05) is 0 Å². The van der Waals surface area contributed by atoms with Gasteiger partial charge in [0.15, 0.2) is 0 Å². The second kappa shape index (κ2) is 4.86. The van der Waals surface area contributed by atoms with Gasteiger partial charge in [0.25, 0.3) is 5.69 Å². The third-order valence-electron chi connectivity index (χ3n) is 1.98. The monoisotopic (exact) mass is 231 g/mol. The molecule has 0 aliphatic heterocycles. The van der Waals surface area contributed by atoms with E-state index in [1.54, 1.807) is 0 Å². The van der Waals surface area contributed by atoms with Gasteiger partial charge >= 0.3 is 0 Å². The number of nitrogens with zero attached hydrogens (tertiary/aromatic N) is 3. The molecule has 0 fully saturated rings. The molecule has 0 N–H and O–H groups in total. The number of hydrogen-bond acceptors (Lipinski definition) is 4. The van der Waals surface area contributed by atoms with Crippen molar-refractivity contribution in [3.63, 3.8) is 0 Å². The molecule has 0 spiro atoms. The van der Waals surface area contributed by atoms with Crippen LogP contribution in [0, 0.1) is 45.5 Å². The number of benzene rings is 1. The van der Waals surface area contributed by atoms with Crippen molar-refractivity contribution in [3.8, 4) is 12.1 Å². The van der Waals surface area contributed by atoms with Crippen LogP contribution in [-0.4, -0.2) is 4.92 Å². The first kappa shape index (κ1) is 12.3. The van der Waals surface area contributed by atoms with E-state index in [1.165, 1.54) is 25.1 Å². The average molecular weight is 231 g/mol. The van der Waals surface area contributed by atoms with Gasteiger partial charge in [0, 0.05) is 6.07 Å². The van der Waals surface area contributed by atoms with Crippen LogP contribution in [0.4, 0.5) is 10.1 Å². The maximum absolute atomic E-state index is 13.5. The van der Waals surface area contributed by atoms with Gasteiger partial charge in [0.1, 0.15) is 23.5 Å². The highest BCUT2D eigenvalue weighted by Gasteiger charge is 2.18. The van der Waals surface area contributed by atoms with Gasteiger partial charge in [-0.05, 0) is 24.6 Å². The largest absolute Gasteiger partial charge is 0.279 e. The van der Waals surface area contributed by atoms with Crippen LogP contribution in [0.15, 0.2) is 17.7 Å². The molecule has 0 heterocycles. The summed E-state index contributed by atoms with van der Waals surface area (Å²) in [5.41, 5.74) is -0.832. The van der Waals surface area contributed by atoms with E-state index in [-0.39, 0.29) is 5.56 Å². The van der Waals surface area contributed by atoms with Gasteiger partial charge in [0.2, 0.25) is 0 Å². The Morgan fingerprint density at radius 2 is 2.06 bits per heavy atom. The maximum Gasteiger partial charge on any atom is 0.279 e. The van der Waals surface area contributed by atoms with Crippen LogP contribution in [0.2, 0.25) is 0 Å². The number of hydrogen-bond donors (Lipinski definition) is 0. The second-order valence-corrected chi connectivity index (χ2v) is 3.22. The van der Waals surface area contributed by atoms with Crippen molar-refractivity contribution >= 4 is 11.8 Å². The number of nitriles is 2. The highest BCUT2D eigenvalue weighted by molar-refractivity contribution is 5.69. The van der Waals surface area contributed by atoms with E-state index in [2.05, 4.69) is 0 Å². The lowest BCUT2D eigenvalue weighted by atomic mass is 10.1. The first-order valence-corrected chi connectivity index (χ1v) is 4.46. The average Bonchev–Trinajstić information content (AvgIpc) is 2.27. The summed E-state index contributed by atoms with van der Waals surface area (Å²) in [6, 6.07) is 5.32. The van der Waals surface area contributed by atoms with Crippen molar-refractivity contribution in [2.45, 2.75) is 6.92 Å². The third kappa shape index (κ3) is 2.64. The van der Waals surface area contributed by atoms with E-state index in [1.807, 2.05) is 0 Å². The van der Waals surface area contributed by atoms with Crippen molar-refractivity contribution in [2.75, 3.05) is 0 Å². The lowest BCUT2D eigenvalue weighted by Crippen LogP contribution is -1.96. The van der Waals surface area contributed by atoms with Crippen molar-refractivity contribution < 1.29 is 9.31 Å². The van der Waals surface area contributed by atoms with Gasteiger partial charge in [-0.15, -0.1) is 0 Å². The molecule has 0 aromatic heterocycles. The fourth-order valence-electron chi connectivity index (χ4n) is 1.26. The van der Waals surface area contributed by atoms with Crippen LogP contribution < -0.4 is 0 Å². The Balaban J connectivity index is 3.54. The summed E-state index contributed by atoms with van der Waals surface area (Å²) in [5.74, 6) is -0.834. The molecule has 17 heavy (non-hydrogen) atoms. The van der Waals surface area contributed by atoms with Crippen molar-refractivity contribution in [2.24, 2.45) is 0 Å². The van der Waals surface area contributed by atoms with Gasteiger partial charge < -0.3 is 0 Å². The minimum Gasteiger partial charge on any atom is -0.258 e. The smallest absolute Gasteiger partial charge is 0.258 e. The molecule has 1 aromatic carbocycles. The Labute approximate surface area is 96.2 Å². The van der Waals surface area contributed by atoms with Crippen LogP contribution in [0.1, 0.15) is 11.1 Å². The van der Waals surface area contributed by atoms with Crippen LogP contribution in [0.3, 0.4) is 0 Å². The van der Waals surface area contributed by atoms with Crippen molar-refractivity contribution in [3.05, 3.63) is 44.8 Å². The van der Waals surface area contributed by atoms with E-state index < -0.39 is 22.0 Å². The molecule has 0 saturated heterocycles. The van der Waals surface area contributed by atoms with Crippen LogP contribution in [0.25, 0.3) is 6.08 Å². The molecule has 0 aliphatic carbocycles. The SMILES string of the molecule is Cc1cc(F)c(C=C(C#N)C#N)c([N+](=O)[O-])c1. The highest BCUT2D eigenvalue weighted by atomic mass is 19.1. The second-order valence-electron chi connectivity index (χ2n) is 3.22. The summed E-state index contributed by atoms with van der Waals surface area (Å²) in [6.07, 6.45) is 0.868. The van der Waals surface area contributed by atoms with E-state index in [9.17, 15) is 14.5 Å². The predicted octanol–water partition coefficient (Wildman–Crippen LogP) is 2.47. The topological polar surface area (TPSA) is 90.7 Å². The van der Waals surface area contributed by atoms with Crippen LogP contribution in [0.5, 0.6) is 0 Å². The third-order valence-corrected chi connectivity index (χ3v) is 1.98. The Morgan fingerprint density at radius 1 is 1.47 bits per heavy atom. The maximum atomic E-state index is 13.5. The molecule has 1 rings (SSSR count). The number of nitro benzene ring substituents is 1. The minimum atomic E-state index is -0.834. The molecule has 84 valence electrons. The summed E-state index contributed by atoms with van der Waals surface area (Å²) in [7, 11) is 0. The molecular weight excluding hydrogens is 225 g/mol. The normalized spacial score (nSPS) is 8.94. The van der Waals surface area contributed by atoms with Gasteiger partial charge in [0.05, 0.1) is 10.5 Å². The Hall–Kier alpha value is -2.73. The molecule has 0 saturated carbocycles. The number of halogens is 1. The Bertz CT molecular complexity index is 578. The molecule has 0 unspecified atom stereocenters. The number of aryl methyl sites for hydroxylation is 1. The van der Waals surface area contributed by atoms with E-state index >= 15 is 0 Å². The van der Waals surface area contributed by atoms with Crippen molar-refractivity contribution in [1.29, 1.82) is 10.5 Å². The molecule has 5 nitrogen and oxygen atoms in total. The molecule has 0 bridgehead atoms. The zero-order valence-corrected chi connectivity index (χ0v) is 8.77. The zero-order chi connectivity index (χ0) is 13.0. The molecule has 1 aromatic rings. The number of rotatable bonds is 2. The minimum absolute atomic E-state index is 0.362. The standard InChI is InChI=1S/C11H6FN3O2/c1-7-2-10(12)9(4-8(5-13)6-14)11(3-7)15(16)17/h2-4H,1H3. The Morgan fingerprint density at radius 3 is 2.53 bits per heavy atom. The molecule has 0 aliphatic rings. The number of allylic oxidation sites excluding steroid dienone is 1. The Kier molecular flexibility index (Phi) is 3.53. The molecular formula is C11H6FN3O2. The van der Waals surface area contributed by atoms with Gasteiger partial charge in [-0.2, -0.15) is 10.5 Å².